The molecule has 0 aliphatic heterocycles. The van der Waals surface area contributed by atoms with Gasteiger partial charge in [-0.25, -0.2) is 10.3 Å². The number of hydrogen-bond acceptors (Lipinski definition) is 6. The maximum absolute atomic E-state index is 14.2. The molecular weight excluding hydrogens is 505 g/mol. The molecule has 2 rings (SSSR count). The van der Waals surface area contributed by atoms with Gasteiger partial charge in [0, 0.05) is 22.4 Å². The largest absolute Gasteiger partial charge is 0.484 e. The molecule has 0 amide bonds. The van der Waals surface area contributed by atoms with Crippen LogP contribution in [-0.2, 0) is 11.9 Å². The van der Waals surface area contributed by atoms with Gasteiger partial charge in [-0.05, 0) is 43.2 Å². The minimum Gasteiger partial charge on any atom is -0.484 e. The van der Waals surface area contributed by atoms with Gasteiger partial charge in [0.25, 0.3) is 0 Å². The lowest BCUT2D eigenvalue weighted by atomic mass is 10.1. The summed E-state index contributed by atoms with van der Waals surface area (Å²) in [6.07, 6.45) is -9.38. The first kappa shape index (κ1) is 30.4. The van der Waals surface area contributed by atoms with Crippen molar-refractivity contribution in [3.05, 3.63) is 70.0 Å². The van der Waals surface area contributed by atoms with Crippen LogP contribution in [0.5, 0.6) is 11.5 Å². The molecule has 1 atom stereocenters. The Hall–Kier alpha value is -2.64. The van der Waals surface area contributed by atoms with Crippen molar-refractivity contribution in [3.8, 4) is 11.5 Å². The van der Waals surface area contributed by atoms with Crippen LogP contribution in [0.3, 0.4) is 0 Å². The van der Waals surface area contributed by atoms with Crippen molar-refractivity contribution < 1.29 is 45.4 Å². The van der Waals surface area contributed by atoms with Gasteiger partial charge < -0.3 is 20.4 Å². The summed E-state index contributed by atoms with van der Waals surface area (Å²) < 4.78 is 99.9. The van der Waals surface area contributed by atoms with Gasteiger partial charge in [0.15, 0.2) is 18.2 Å². The smallest absolute Gasteiger partial charge is 0.422 e. The van der Waals surface area contributed by atoms with E-state index in [0.717, 1.165) is 30.3 Å². The molecule has 0 aliphatic rings. The van der Waals surface area contributed by atoms with Crippen LogP contribution < -0.4 is 21.1 Å². The van der Waals surface area contributed by atoms with Crippen molar-refractivity contribution in [2.45, 2.75) is 44.5 Å². The van der Waals surface area contributed by atoms with E-state index in [0.29, 0.717) is 22.6 Å². The van der Waals surface area contributed by atoms with Gasteiger partial charge in [0.1, 0.15) is 11.9 Å². The molecule has 13 heteroatoms. The molecule has 5 nitrogen and oxygen atoms in total. The molecule has 0 spiro atoms. The van der Waals surface area contributed by atoms with Gasteiger partial charge >= 0.3 is 12.4 Å². The lowest BCUT2D eigenvalue weighted by Gasteiger charge is -2.22. The van der Waals surface area contributed by atoms with E-state index in [2.05, 4.69) is 10.6 Å². The summed E-state index contributed by atoms with van der Waals surface area (Å²) in [6, 6.07) is 7.66. The van der Waals surface area contributed by atoms with Crippen molar-refractivity contribution in [3.63, 3.8) is 0 Å². The van der Waals surface area contributed by atoms with Gasteiger partial charge in [0.05, 0.1) is 5.56 Å². The molecular formula is C22H25F7N2O3S. The quantitative estimate of drug-likeness (QED) is 0.257. The highest BCUT2D eigenvalue weighted by atomic mass is 32.2. The highest BCUT2D eigenvalue weighted by molar-refractivity contribution is 8.02. The highest BCUT2D eigenvalue weighted by Crippen LogP contribution is 2.34. The maximum Gasteiger partial charge on any atom is 0.422 e. The second-order valence-corrected chi connectivity index (χ2v) is 8.06. The summed E-state index contributed by atoms with van der Waals surface area (Å²) >= 11 is 1.22. The first-order chi connectivity index (χ1) is 16.3. The normalized spacial score (nSPS) is 13.3. The molecule has 35 heavy (non-hydrogen) atoms. The van der Waals surface area contributed by atoms with E-state index < -0.39 is 36.4 Å². The van der Waals surface area contributed by atoms with Crippen LogP contribution in [0.2, 0.25) is 0 Å². The fraction of sp³-hybridized carbons (Fsp3) is 0.364. The third kappa shape index (κ3) is 10.2. The molecule has 0 fully saturated rings. The van der Waals surface area contributed by atoms with Gasteiger partial charge in [-0.2, -0.15) is 26.3 Å². The molecule has 1 unspecified atom stereocenters. The Morgan fingerprint density at radius 1 is 1.03 bits per heavy atom. The average molecular weight is 531 g/mol. The van der Waals surface area contributed by atoms with Gasteiger partial charge in [0.2, 0.25) is 0 Å². The fourth-order valence-electron chi connectivity index (χ4n) is 2.72. The van der Waals surface area contributed by atoms with Crippen LogP contribution in [0.15, 0.2) is 53.1 Å². The van der Waals surface area contributed by atoms with E-state index in [-0.39, 0.29) is 17.3 Å². The third-order valence-electron chi connectivity index (χ3n) is 4.30. The predicted octanol–water partition coefficient (Wildman–Crippen LogP) is 6.40. The molecule has 0 aliphatic carbocycles. The van der Waals surface area contributed by atoms with Gasteiger partial charge in [-0.3, -0.25) is 0 Å². The third-order valence-corrected chi connectivity index (χ3v) is 5.68. The van der Waals surface area contributed by atoms with E-state index >= 15 is 0 Å². The molecule has 0 saturated heterocycles. The zero-order valence-electron chi connectivity index (χ0n) is 18.7. The Kier molecular flexibility index (Phi) is 11.7. The number of thioether (sulfide) groups is 1. The van der Waals surface area contributed by atoms with Crippen molar-refractivity contribution in [2.75, 3.05) is 6.61 Å². The van der Waals surface area contributed by atoms with Crippen molar-refractivity contribution >= 4 is 11.8 Å². The second-order valence-electron chi connectivity index (χ2n) is 7.04. The fourth-order valence-corrected chi connectivity index (χ4v) is 3.86. The molecule has 0 heterocycles. The van der Waals surface area contributed by atoms with E-state index in [9.17, 15) is 30.7 Å². The molecule has 0 radical (unpaired) electrons. The monoisotopic (exact) mass is 530 g/mol. The summed E-state index contributed by atoms with van der Waals surface area (Å²) in [4.78, 5) is 0.526. The lowest BCUT2D eigenvalue weighted by Crippen LogP contribution is -2.21. The van der Waals surface area contributed by atoms with Crippen LogP contribution >= 0.6 is 11.8 Å². The molecule has 0 saturated carbocycles. The topological polar surface area (TPSA) is 90.7 Å². The number of halogens is 7. The first-order valence-corrected chi connectivity index (χ1v) is 11.0. The first-order valence-electron chi connectivity index (χ1n) is 9.97. The number of nitrogens with two attached hydrogens (primary N) is 2. The van der Waals surface area contributed by atoms with Crippen LogP contribution in [-0.4, -0.2) is 24.1 Å². The number of allylic oxidation sites excluding steroid dienone is 1. The SMILES string of the molecule is CCC(Oc1cc(OCC(F)(F)F)ccc1F)/C(SCc1ccc(C(F)(F)F)cc1)=C(\C)N.NO. The Labute approximate surface area is 201 Å². The van der Waals surface area contributed by atoms with Crippen molar-refractivity contribution in [2.24, 2.45) is 11.6 Å². The number of alkyl halides is 6. The molecule has 0 aromatic heterocycles. The summed E-state index contributed by atoms with van der Waals surface area (Å²) in [5.74, 6) is 2.45. The molecule has 0 bridgehead atoms. The van der Waals surface area contributed by atoms with Crippen molar-refractivity contribution in [1.29, 1.82) is 0 Å². The zero-order valence-corrected chi connectivity index (χ0v) is 19.5. The summed E-state index contributed by atoms with van der Waals surface area (Å²) in [6.45, 7) is 1.81. The minimum atomic E-state index is -4.55. The Morgan fingerprint density at radius 3 is 2.11 bits per heavy atom. The van der Waals surface area contributed by atoms with Crippen LogP contribution in [0.4, 0.5) is 30.7 Å². The highest BCUT2D eigenvalue weighted by Gasteiger charge is 2.30. The Balaban J connectivity index is 0.00000298. The number of ether oxygens (including phenoxy) is 2. The van der Waals surface area contributed by atoms with E-state index in [4.69, 9.17) is 15.7 Å². The van der Waals surface area contributed by atoms with Crippen molar-refractivity contribution in [1.82, 2.24) is 0 Å². The molecule has 2 aromatic rings. The maximum atomic E-state index is 14.2. The minimum absolute atomic E-state index is 0.217. The van der Waals surface area contributed by atoms with Gasteiger partial charge in [-0.1, -0.05) is 19.1 Å². The Bertz CT molecular complexity index is 961. The standard InChI is InChI=1S/C22H22F7NO2S.H3NO/c1-3-18(32-19-10-16(8-9-17(19)23)31-12-21(24,25)26)20(13(2)30)33-11-14-4-6-15(7-5-14)22(27,28)29;1-2/h4-10,18H,3,11-12,30H2,1-2H3;2H,1H2/b20-13-;. The van der Waals surface area contributed by atoms with Crippen LogP contribution in [0, 0.1) is 5.82 Å². The average Bonchev–Trinajstić information content (AvgIpc) is 2.79. The summed E-state index contributed by atoms with van der Waals surface area (Å²) in [5, 5.41) is 6.50. The number of hydrogen-bond donors (Lipinski definition) is 3. The van der Waals surface area contributed by atoms with Gasteiger partial charge in [-0.15, -0.1) is 11.8 Å². The van der Waals surface area contributed by atoms with E-state index in [1.165, 1.54) is 23.9 Å². The summed E-state index contributed by atoms with van der Waals surface area (Å²) in [5.41, 5.74) is 6.17. The van der Waals surface area contributed by atoms with Crippen LogP contribution in [0.1, 0.15) is 31.4 Å². The lowest BCUT2D eigenvalue weighted by molar-refractivity contribution is -0.153. The zero-order chi connectivity index (χ0) is 26.8. The number of benzene rings is 2. The number of rotatable bonds is 9. The summed E-state index contributed by atoms with van der Waals surface area (Å²) in [7, 11) is 0. The molecule has 5 N–H and O–H groups in total. The Morgan fingerprint density at radius 2 is 1.63 bits per heavy atom. The van der Waals surface area contributed by atoms with Crippen LogP contribution in [0.25, 0.3) is 0 Å². The molecule has 2 aromatic carbocycles. The van der Waals surface area contributed by atoms with E-state index in [1.54, 1.807) is 13.8 Å². The second kappa shape index (κ2) is 13.4. The predicted molar refractivity (Wildman–Crippen MR) is 118 cm³/mol. The molecule has 196 valence electrons. The van der Waals surface area contributed by atoms with E-state index in [1.807, 2.05) is 0 Å².